The number of hydrogen-bond donors (Lipinski definition) is 1. The van der Waals surface area contributed by atoms with Gasteiger partial charge in [0, 0.05) is 11.6 Å². The Balaban J connectivity index is 1.56. The highest BCUT2D eigenvalue weighted by molar-refractivity contribution is 6.32. The molecular weight excluding hydrogens is 364 g/mol. The highest BCUT2D eigenvalue weighted by atomic mass is 35.5. The van der Waals surface area contributed by atoms with Crippen LogP contribution in [-0.4, -0.2) is 37.0 Å². The fourth-order valence-electron chi connectivity index (χ4n) is 3.50. The Morgan fingerprint density at radius 3 is 2.48 bits per heavy atom. The normalized spacial score (nSPS) is 15.7. The van der Waals surface area contributed by atoms with Crippen LogP contribution in [0.4, 0.5) is 0 Å². The molecule has 1 saturated heterocycles. The van der Waals surface area contributed by atoms with Crippen molar-refractivity contribution in [2.75, 3.05) is 26.2 Å². The van der Waals surface area contributed by atoms with Crippen molar-refractivity contribution in [2.24, 2.45) is 0 Å². The quantitative estimate of drug-likeness (QED) is 0.770. The van der Waals surface area contributed by atoms with Crippen LogP contribution < -0.4 is 10.1 Å². The van der Waals surface area contributed by atoms with E-state index in [-0.39, 0.29) is 18.6 Å². The molecule has 0 saturated carbocycles. The number of halogens is 1. The number of amides is 1. The van der Waals surface area contributed by atoms with Crippen LogP contribution in [0.3, 0.4) is 0 Å². The molecule has 146 valence electrons. The lowest BCUT2D eigenvalue weighted by molar-refractivity contribution is -0.123. The second-order valence-electron chi connectivity index (χ2n) is 7.17. The van der Waals surface area contributed by atoms with Crippen molar-refractivity contribution in [3.8, 4) is 5.75 Å². The lowest BCUT2D eigenvalue weighted by atomic mass is 10.1. The maximum absolute atomic E-state index is 12.3. The zero-order chi connectivity index (χ0) is 19.4. The third-order valence-electron chi connectivity index (χ3n) is 4.94. The molecule has 1 aliphatic rings. The van der Waals surface area contributed by atoms with Gasteiger partial charge in [-0.2, -0.15) is 0 Å². The SMILES string of the molecule is Cc1ccc([C@@H](CNC(=O)COc2cc(C)c(Cl)c(C)c2)N2CCCC2)o1. The fourth-order valence-corrected chi connectivity index (χ4v) is 3.60. The van der Waals surface area contributed by atoms with E-state index in [1.165, 1.54) is 12.8 Å². The number of nitrogens with zero attached hydrogens (tertiary/aromatic N) is 1. The van der Waals surface area contributed by atoms with Crippen molar-refractivity contribution >= 4 is 17.5 Å². The number of rotatable bonds is 7. The van der Waals surface area contributed by atoms with Gasteiger partial charge in [-0.3, -0.25) is 9.69 Å². The Labute approximate surface area is 165 Å². The molecule has 1 amide bonds. The number of ether oxygens (including phenoxy) is 1. The summed E-state index contributed by atoms with van der Waals surface area (Å²) in [5.74, 6) is 2.30. The second kappa shape index (κ2) is 8.81. The van der Waals surface area contributed by atoms with Gasteiger partial charge in [0.15, 0.2) is 6.61 Å². The predicted molar refractivity (Wildman–Crippen MR) is 106 cm³/mol. The minimum Gasteiger partial charge on any atom is -0.484 e. The van der Waals surface area contributed by atoms with Crippen molar-refractivity contribution in [3.05, 3.63) is 51.9 Å². The summed E-state index contributed by atoms with van der Waals surface area (Å²) in [6.07, 6.45) is 2.37. The van der Waals surface area contributed by atoms with Gasteiger partial charge in [-0.15, -0.1) is 0 Å². The molecule has 3 rings (SSSR count). The third kappa shape index (κ3) is 5.05. The summed E-state index contributed by atoms with van der Waals surface area (Å²) < 4.78 is 11.5. The highest BCUT2D eigenvalue weighted by Gasteiger charge is 2.26. The number of likely N-dealkylation sites (tertiary alicyclic amines) is 1. The van der Waals surface area contributed by atoms with E-state index in [9.17, 15) is 4.79 Å². The minimum absolute atomic E-state index is 0.0234. The molecule has 1 aromatic heterocycles. The van der Waals surface area contributed by atoms with E-state index in [2.05, 4.69) is 10.2 Å². The first-order chi connectivity index (χ1) is 12.9. The number of hydrogen-bond acceptors (Lipinski definition) is 4. The van der Waals surface area contributed by atoms with Gasteiger partial charge in [0.25, 0.3) is 5.91 Å². The smallest absolute Gasteiger partial charge is 0.258 e. The van der Waals surface area contributed by atoms with E-state index < -0.39 is 0 Å². The number of carbonyl (C=O) groups is 1. The van der Waals surface area contributed by atoms with Gasteiger partial charge in [-0.25, -0.2) is 0 Å². The monoisotopic (exact) mass is 390 g/mol. The van der Waals surface area contributed by atoms with Gasteiger partial charge in [0.05, 0.1) is 6.04 Å². The summed E-state index contributed by atoms with van der Waals surface area (Å²) >= 11 is 6.17. The maximum atomic E-state index is 12.3. The molecule has 0 unspecified atom stereocenters. The molecule has 5 nitrogen and oxygen atoms in total. The van der Waals surface area contributed by atoms with Crippen molar-refractivity contribution in [1.29, 1.82) is 0 Å². The van der Waals surface area contributed by atoms with Crippen LogP contribution >= 0.6 is 11.6 Å². The van der Waals surface area contributed by atoms with Crippen LogP contribution in [0.5, 0.6) is 5.75 Å². The number of aryl methyl sites for hydroxylation is 3. The first kappa shape index (κ1) is 19.8. The molecule has 1 atom stereocenters. The summed E-state index contributed by atoms with van der Waals surface area (Å²) in [7, 11) is 0. The van der Waals surface area contributed by atoms with E-state index in [4.69, 9.17) is 20.8 Å². The first-order valence-corrected chi connectivity index (χ1v) is 9.78. The summed E-state index contributed by atoms with van der Waals surface area (Å²) in [4.78, 5) is 14.7. The van der Waals surface area contributed by atoms with E-state index >= 15 is 0 Å². The predicted octanol–water partition coefficient (Wildman–Crippen LogP) is 4.19. The van der Waals surface area contributed by atoms with Crippen LogP contribution in [0, 0.1) is 20.8 Å². The van der Waals surface area contributed by atoms with Crippen LogP contribution in [0.25, 0.3) is 0 Å². The zero-order valence-corrected chi connectivity index (χ0v) is 16.9. The fraction of sp³-hybridized carbons (Fsp3) is 0.476. The Hall–Kier alpha value is -1.98. The summed E-state index contributed by atoms with van der Waals surface area (Å²) in [5, 5.41) is 3.72. The Morgan fingerprint density at radius 1 is 1.22 bits per heavy atom. The molecule has 0 bridgehead atoms. The Kier molecular flexibility index (Phi) is 6.45. The maximum Gasteiger partial charge on any atom is 0.258 e. The van der Waals surface area contributed by atoms with Crippen molar-refractivity contribution in [3.63, 3.8) is 0 Å². The minimum atomic E-state index is -0.146. The van der Waals surface area contributed by atoms with Crippen LogP contribution in [0.15, 0.2) is 28.7 Å². The lowest BCUT2D eigenvalue weighted by Gasteiger charge is -2.26. The van der Waals surface area contributed by atoms with E-state index in [1.54, 1.807) is 0 Å². The van der Waals surface area contributed by atoms with Gasteiger partial charge in [0.1, 0.15) is 17.3 Å². The summed E-state index contributed by atoms with van der Waals surface area (Å²) in [6.45, 7) is 8.33. The molecule has 1 aliphatic heterocycles. The van der Waals surface area contributed by atoms with Gasteiger partial charge in [-0.05, 0) is 82.1 Å². The van der Waals surface area contributed by atoms with Crippen LogP contribution in [-0.2, 0) is 4.79 Å². The van der Waals surface area contributed by atoms with Crippen LogP contribution in [0.1, 0.15) is 41.5 Å². The van der Waals surface area contributed by atoms with Crippen molar-refractivity contribution in [1.82, 2.24) is 10.2 Å². The molecule has 27 heavy (non-hydrogen) atoms. The molecule has 1 N–H and O–H groups in total. The van der Waals surface area contributed by atoms with E-state index in [0.717, 1.165) is 40.8 Å². The molecule has 2 heterocycles. The van der Waals surface area contributed by atoms with Gasteiger partial charge in [-0.1, -0.05) is 11.6 Å². The van der Waals surface area contributed by atoms with Gasteiger partial charge >= 0.3 is 0 Å². The first-order valence-electron chi connectivity index (χ1n) is 9.40. The largest absolute Gasteiger partial charge is 0.484 e. The molecule has 6 heteroatoms. The topological polar surface area (TPSA) is 54.7 Å². The molecule has 2 aromatic rings. The van der Waals surface area contributed by atoms with Gasteiger partial charge < -0.3 is 14.5 Å². The second-order valence-corrected chi connectivity index (χ2v) is 7.55. The summed E-state index contributed by atoms with van der Waals surface area (Å²) in [5.41, 5.74) is 1.88. The highest BCUT2D eigenvalue weighted by Crippen LogP contribution is 2.27. The van der Waals surface area contributed by atoms with Crippen LogP contribution in [0.2, 0.25) is 5.02 Å². The Bertz CT molecular complexity index is 773. The average Bonchev–Trinajstić information content (AvgIpc) is 3.30. The van der Waals surface area contributed by atoms with Crippen molar-refractivity contribution in [2.45, 2.75) is 39.7 Å². The standard InChI is InChI=1S/C21H27ClN2O3/c1-14-10-17(11-15(2)21(14)22)26-13-20(25)23-12-18(24-8-4-5-9-24)19-7-6-16(3)27-19/h6-7,10-11,18H,4-5,8-9,12-13H2,1-3H3,(H,23,25)/t18-/m1/s1. The number of nitrogens with one attached hydrogen (secondary N) is 1. The van der Waals surface area contributed by atoms with E-state index in [0.29, 0.717) is 12.3 Å². The van der Waals surface area contributed by atoms with Crippen molar-refractivity contribution < 1.29 is 13.9 Å². The number of carbonyl (C=O) groups excluding carboxylic acids is 1. The lowest BCUT2D eigenvalue weighted by Crippen LogP contribution is -2.38. The summed E-state index contributed by atoms with van der Waals surface area (Å²) in [6, 6.07) is 7.72. The van der Waals surface area contributed by atoms with Gasteiger partial charge in [0.2, 0.25) is 0 Å². The Morgan fingerprint density at radius 2 is 1.89 bits per heavy atom. The third-order valence-corrected chi connectivity index (χ3v) is 5.54. The molecule has 1 fully saturated rings. The zero-order valence-electron chi connectivity index (χ0n) is 16.2. The molecular formula is C21H27ClN2O3. The number of furan rings is 1. The molecule has 0 aliphatic carbocycles. The average molecular weight is 391 g/mol. The molecule has 0 spiro atoms. The molecule has 1 aromatic carbocycles. The van der Waals surface area contributed by atoms with E-state index in [1.807, 2.05) is 45.0 Å². The molecule has 0 radical (unpaired) electrons. The number of benzene rings is 1.